The maximum absolute atomic E-state index is 13.3. The molecular weight excluding hydrogens is 298 g/mol. The Balaban J connectivity index is 2.38. The van der Waals surface area contributed by atoms with Crippen LogP contribution in [0.25, 0.3) is 22.3 Å². The van der Waals surface area contributed by atoms with Crippen molar-refractivity contribution in [3.8, 4) is 28.6 Å². The fourth-order valence-corrected chi connectivity index (χ4v) is 2.11. The van der Waals surface area contributed by atoms with Gasteiger partial charge >= 0.3 is 0 Å². The molecule has 22 heavy (non-hydrogen) atoms. The van der Waals surface area contributed by atoms with Gasteiger partial charge in [0.05, 0.1) is 0 Å². The fraction of sp³-hybridized carbons (Fsp3) is 0. The molecule has 1 heterocycles. The smallest absolute Gasteiger partial charge is 0.238 e. The summed E-state index contributed by atoms with van der Waals surface area (Å²) in [6.07, 6.45) is 0. The first-order chi connectivity index (χ1) is 10.4. The minimum atomic E-state index is -1.18. The molecule has 0 saturated carbocycles. The van der Waals surface area contributed by atoms with Crippen molar-refractivity contribution in [2.45, 2.75) is 0 Å². The van der Waals surface area contributed by atoms with Gasteiger partial charge < -0.3 is 19.7 Å². The van der Waals surface area contributed by atoms with Gasteiger partial charge in [0, 0.05) is 17.7 Å². The Hall–Kier alpha value is -3.09. The van der Waals surface area contributed by atoms with Gasteiger partial charge in [-0.05, 0) is 18.2 Å². The molecule has 0 amide bonds. The summed E-state index contributed by atoms with van der Waals surface area (Å²) >= 11 is 0. The second-order valence-corrected chi connectivity index (χ2v) is 4.58. The quantitative estimate of drug-likeness (QED) is 0.643. The highest BCUT2D eigenvalue weighted by Crippen LogP contribution is 2.35. The third-order valence-corrected chi connectivity index (χ3v) is 3.12. The van der Waals surface area contributed by atoms with E-state index in [-0.39, 0.29) is 22.3 Å². The lowest BCUT2D eigenvalue weighted by Gasteiger charge is -2.07. The van der Waals surface area contributed by atoms with E-state index in [0.717, 1.165) is 30.3 Å². The van der Waals surface area contributed by atoms with Gasteiger partial charge in [-0.3, -0.25) is 4.79 Å². The molecule has 3 aromatic rings. The number of fused-ring (bicyclic) bond motifs is 1. The van der Waals surface area contributed by atoms with Crippen LogP contribution in [0.4, 0.5) is 8.78 Å². The molecule has 5 nitrogen and oxygen atoms in total. The average molecular weight is 306 g/mol. The van der Waals surface area contributed by atoms with Crippen molar-refractivity contribution >= 4 is 11.0 Å². The van der Waals surface area contributed by atoms with Crippen molar-refractivity contribution < 1.29 is 28.5 Å². The van der Waals surface area contributed by atoms with E-state index in [2.05, 4.69) is 0 Å². The van der Waals surface area contributed by atoms with Gasteiger partial charge in [0.2, 0.25) is 11.2 Å². The number of hydrogen-bond acceptors (Lipinski definition) is 5. The van der Waals surface area contributed by atoms with Gasteiger partial charge in [0.25, 0.3) is 0 Å². The van der Waals surface area contributed by atoms with E-state index >= 15 is 0 Å². The van der Waals surface area contributed by atoms with Crippen LogP contribution in [0.3, 0.4) is 0 Å². The molecule has 0 aliphatic rings. The molecule has 0 spiro atoms. The molecule has 0 unspecified atom stereocenters. The SMILES string of the molecule is O=c1c(O)c(-c2ccc(F)c(F)c2)oc2cc(O)cc(O)c12. The Bertz CT molecular complexity index is 962. The zero-order chi connectivity index (χ0) is 16.0. The van der Waals surface area contributed by atoms with Crippen LogP contribution >= 0.6 is 0 Å². The van der Waals surface area contributed by atoms with Crippen molar-refractivity contribution in [3.63, 3.8) is 0 Å². The molecule has 0 fully saturated rings. The fourth-order valence-electron chi connectivity index (χ4n) is 2.11. The van der Waals surface area contributed by atoms with E-state index in [1.54, 1.807) is 0 Å². The van der Waals surface area contributed by atoms with Gasteiger partial charge in [-0.15, -0.1) is 0 Å². The molecule has 3 N–H and O–H groups in total. The molecule has 0 aliphatic heterocycles. The van der Waals surface area contributed by atoms with E-state index in [0.29, 0.717) is 0 Å². The number of hydrogen-bond donors (Lipinski definition) is 3. The maximum atomic E-state index is 13.3. The lowest BCUT2D eigenvalue weighted by atomic mass is 10.1. The zero-order valence-corrected chi connectivity index (χ0v) is 10.8. The normalized spacial score (nSPS) is 11.0. The molecule has 0 saturated heterocycles. The molecule has 1 aromatic heterocycles. The highest BCUT2D eigenvalue weighted by molar-refractivity contribution is 5.88. The first-order valence-corrected chi connectivity index (χ1v) is 6.05. The van der Waals surface area contributed by atoms with E-state index in [9.17, 15) is 28.9 Å². The molecular formula is C15H8F2O5. The van der Waals surface area contributed by atoms with Gasteiger partial charge in [0.15, 0.2) is 17.4 Å². The second kappa shape index (κ2) is 4.73. The lowest BCUT2D eigenvalue weighted by molar-refractivity contribution is 0.438. The van der Waals surface area contributed by atoms with Crippen LogP contribution < -0.4 is 5.43 Å². The summed E-state index contributed by atoms with van der Waals surface area (Å²) < 4.78 is 31.5. The Labute approximate surface area is 121 Å². The minimum absolute atomic E-state index is 0.0711. The summed E-state index contributed by atoms with van der Waals surface area (Å²) in [5.74, 6) is -4.48. The lowest BCUT2D eigenvalue weighted by Crippen LogP contribution is -2.03. The number of aromatic hydroxyl groups is 3. The van der Waals surface area contributed by atoms with E-state index in [4.69, 9.17) is 4.42 Å². The number of phenols is 2. The van der Waals surface area contributed by atoms with Crippen LogP contribution in [0.2, 0.25) is 0 Å². The first kappa shape index (κ1) is 13.9. The molecule has 0 radical (unpaired) electrons. The highest BCUT2D eigenvalue weighted by Gasteiger charge is 2.19. The third-order valence-electron chi connectivity index (χ3n) is 3.12. The van der Waals surface area contributed by atoms with E-state index in [1.807, 2.05) is 0 Å². The third kappa shape index (κ3) is 2.03. The van der Waals surface area contributed by atoms with Crippen LogP contribution in [-0.4, -0.2) is 15.3 Å². The van der Waals surface area contributed by atoms with Crippen molar-refractivity contribution in [1.82, 2.24) is 0 Å². The summed E-state index contributed by atoms with van der Waals surface area (Å²) in [6, 6.07) is 4.65. The molecule has 0 aliphatic carbocycles. The summed E-state index contributed by atoms with van der Waals surface area (Å²) in [5, 5.41) is 28.7. The van der Waals surface area contributed by atoms with E-state index in [1.165, 1.54) is 0 Å². The molecule has 0 atom stereocenters. The molecule has 112 valence electrons. The largest absolute Gasteiger partial charge is 0.508 e. The predicted octanol–water partition coefficient (Wildman–Crippen LogP) is 2.86. The number of rotatable bonds is 1. The van der Waals surface area contributed by atoms with E-state index < -0.39 is 34.3 Å². The van der Waals surface area contributed by atoms with Crippen LogP contribution in [0.1, 0.15) is 0 Å². The first-order valence-electron chi connectivity index (χ1n) is 6.05. The van der Waals surface area contributed by atoms with Gasteiger partial charge in [-0.1, -0.05) is 0 Å². The number of phenolic OH excluding ortho intramolecular Hbond substituents is 2. The Kier molecular flexibility index (Phi) is 2.98. The highest BCUT2D eigenvalue weighted by atomic mass is 19.2. The average Bonchev–Trinajstić information content (AvgIpc) is 2.45. The Morgan fingerprint density at radius 1 is 0.955 bits per heavy atom. The van der Waals surface area contributed by atoms with Crippen LogP contribution in [-0.2, 0) is 0 Å². The van der Waals surface area contributed by atoms with Crippen LogP contribution in [0, 0.1) is 11.6 Å². The Morgan fingerprint density at radius 3 is 2.36 bits per heavy atom. The summed E-state index contributed by atoms with van der Waals surface area (Å²) in [4.78, 5) is 12.1. The van der Waals surface area contributed by atoms with Crippen LogP contribution in [0.15, 0.2) is 39.5 Å². The molecule has 0 bridgehead atoms. The van der Waals surface area contributed by atoms with Crippen molar-refractivity contribution in [2.24, 2.45) is 0 Å². The second-order valence-electron chi connectivity index (χ2n) is 4.58. The molecule has 3 rings (SSSR count). The number of halogens is 2. The predicted molar refractivity (Wildman–Crippen MR) is 72.8 cm³/mol. The maximum Gasteiger partial charge on any atom is 0.238 e. The Morgan fingerprint density at radius 2 is 1.68 bits per heavy atom. The van der Waals surface area contributed by atoms with Crippen LogP contribution in [0.5, 0.6) is 17.2 Å². The topological polar surface area (TPSA) is 90.9 Å². The monoisotopic (exact) mass is 306 g/mol. The molecule has 7 heteroatoms. The summed E-state index contributed by atoms with van der Waals surface area (Å²) in [6.45, 7) is 0. The van der Waals surface area contributed by atoms with Gasteiger partial charge in [-0.25, -0.2) is 8.78 Å². The standard InChI is InChI=1S/C15H8F2O5/c16-8-2-1-6(3-9(8)17)15-14(21)13(20)12-10(19)4-7(18)5-11(12)22-15/h1-5,18-19,21H. The van der Waals surface area contributed by atoms with Crippen molar-refractivity contribution in [1.29, 1.82) is 0 Å². The zero-order valence-electron chi connectivity index (χ0n) is 10.8. The van der Waals surface area contributed by atoms with Crippen molar-refractivity contribution in [2.75, 3.05) is 0 Å². The van der Waals surface area contributed by atoms with Crippen molar-refractivity contribution in [3.05, 3.63) is 52.2 Å². The summed E-state index contributed by atoms with van der Waals surface area (Å²) in [5.41, 5.74) is -1.24. The van der Waals surface area contributed by atoms with Gasteiger partial charge in [-0.2, -0.15) is 0 Å². The summed E-state index contributed by atoms with van der Waals surface area (Å²) in [7, 11) is 0. The number of benzene rings is 2. The minimum Gasteiger partial charge on any atom is -0.508 e. The van der Waals surface area contributed by atoms with Gasteiger partial charge in [0.1, 0.15) is 22.5 Å². The molecule has 2 aromatic carbocycles.